The Kier molecular flexibility index (Phi) is 6.77. The van der Waals surface area contributed by atoms with E-state index >= 15 is 0 Å². The maximum atomic E-state index is 13.0. The van der Waals surface area contributed by atoms with Crippen molar-refractivity contribution in [1.82, 2.24) is 24.6 Å². The number of benzene rings is 2. The lowest BCUT2D eigenvalue weighted by Gasteiger charge is -2.15. The minimum absolute atomic E-state index is 0.0122. The molecule has 36 heavy (non-hydrogen) atoms. The minimum atomic E-state index is -4.96. The Bertz CT molecular complexity index is 1480. The molecule has 0 aliphatic rings. The fraction of sp³-hybridized carbons (Fsp3) is 0.167. The molecule has 0 fully saturated rings. The predicted molar refractivity (Wildman–Crippen MR) is 123 cm³/mol. The number of nitrogens with one attached hydrogen (secondary N) is 2. The first kappa shape index (κ1) is 24.5. The van der Waals surface area contributed by atoms with Crippen LogP contribution in [0.25, 0.3) is 11.1 Å². The maximum absolute atomic E-state index is 13.0. The van der Waals surface area contributed by atoms with Crippen molar-refractivity contribution < 1.29 is 22.7 Å². The Morgan fingerprint density at radius 2 is 1.83 bits per heavy atom. The third-order valence-electron chi connectivity index (χ3n) is 5.22. The average Bonchev–Trinajstić information content (AvgIpc) is 3.26. The number of amides is 1. The van der Waals surface area contributed by atoms with Gasteiger partial charge >= 0.3 is 12.1 Å². The molecule has 0 aliphatic carbocycles. The van der Waals surface area contributed by atoms with Crippen molar-refractivity contribution in [3.8, 4) is 16.9 Å². The lowest BCUT2D eigenvalue weighted by atomic mass is 10.1. The number of carbonyl (C=O) groups is 1. The third-order valence-corrected chi connectivity index (χ3v) is 5.22. The highest BCUT2D eigenvalue weighted by Crippen LogP contribution is 2.31. The molecule has 2 aromatic carbocycles. The molecule has 2 aromatic heterocycles. The summed E-state index contributed by atoms with van der Waals surface area (Å²) in [6.45, 7) is -0.342. The van der Waals surface area contributed by atoms with Crippen LogP contribution in [0.3, 0.4) is 0 Å². The summed E-state index contributed by atoms with van der Waals surface area (Å²) in [5, 5.41) is 6.40. The van der Waals surface area contributed by atoms with Crippen LogP contribution in [0.5, 0.6) is 5.75 Å². The Labute approximate surface area is 201 Å². The lowest BCUT2D eigenvalue weighted by Crippen LogP contribution is -2.38. The number of aryl methyl sites for hydroxylation is 1. The summed E-state index contributed by atoms with van der Waals surface area (Å²) in [4.78, 5) is 39.8. The van der Waals surface area contributed by atoms with E-state index in [1.54, 1.807) is 49.6 Å². The molecule has 0 saturated heterocycles. The van der Waals surface area contributed by atoms with Crippen LogP contribution in [-0.4, -0.2) is 31.6 Å². The van der Waals surface area contributed by atoms with E-state index in [-0.39, 0.29) is 24.3 Å². The second-order valence-electron chi connectivity index (χ2n) is 7.85. The van der Waals surface area contributed by atoms with Gasteiger partial charge in [-0.3, -0.25) is 18.8 Å². The lowest BCUT2D eigenvalue weighted by molar-refractivity contribution is -0.274. The molecule has 0 atom stereocenters. The molecule has 0 saturated carbocycles. The van der Waals surface area contributed by atoms with Gasteiger partial charge in [0.25, 0.3) is 11.5 Å². The van der Waals surface area contributed by atoms with E-state index in [1.165, 1.54) is 23.0 Å². The van der Waals surface area contributed by atoms with Gasteiger partial charge in [-0.15, -0.1) is 13.2 Å². The molecule has 0 unspecified atom stereocenters. The molecule has 12 heteroatoms. The van der Waals surface area contributed by atoms with Gasteiger partial charge in [0.1, 0.15) is 11.4 Å². The van der Waals surface area contributed by atoms with Gasteiger partial charge in [-0.05, 0) is 17.2 Å². The first-order chi connectivity index (χ1) is 17.1. The van der Waals surface area contributed by atoms with Crippen LogP contribution in [0.2, 0.25) is 0 Å². The largest absolute Gasteiger partial charge is 0.573 e. The topological polar surface area (TPSA) is 111 Å². The molecule has 4 aromatic rings. The molecule has 9 nitrogen and oxygen atoms in total. The SMILES string of the molecule is Cn1cc(-c2ccc(CNC(=O)c3cc(=O)n(Cc4ccccc4)c(=O)[nH]3)c(OC(F)(F)F)c2)cn1. The summed E-state index contributed by atoms with van der Waals surface area (Å²) in [6.07, 6.45) is -1.84. The average molecular weight is 499 g/mol. The number of nitrogens with zero attached hydrogens (tertiary/aromatic N) is 3. The van der Waals surface area contributed by atoms with Crippen molar-refractivity contribution >= 4 is 5.91 Å². The first-order valence-corrected chi connectivity index (χ1v) is 10.6. The van der Waals surface area contributed by atoms with Crippen molar-refractivity contribution in [3.05, 3.63) is 105 Å². The van der Waals surface area contributed by atoms with Gasteiger partial charge in [0.05, 0.1) is 12.7 Å². The zero-order valence-electron chi connectivity index (χ0n) is 18.9. The van der Waals surface area contributed by atoms with Crippen LogP contribution >= 0.6 is 0 Å². The van der Waals surface area contributed by atoms with Crippen molar-refractivity contribution in [3.63, 3.8) is 0 Å². The molecule has 0 spiro atoms. The second-order valence-corrected chi connectivity index (χ2v) is 7.85. The van der Waals surface area contributed by atoms with E-state index in [0.29, 0.717) is 16.7 Å². The molecule has 0 aliphatic heterocycles. The summed E-state index contributed by atoms with van der Waals surface area (Å²) >= 11 is 0. The van der Waals surface area contributed by atoms with E-state index in [4.69, 9.17) is 0 Å². The van der Waals surface area contributed by atoms with Gasteiger partial charge in [0.2, 0.25) is 0 Å². The van der Waals surface area contributed by atoms with Gasteiger partial charge in [0, 0.05) is 37.0 Å². The monoisotopic (exact) mass is 499 g/mol. The maximum Gasteiger partial charge on any atom is 0.573 e. The van der Waals surface area contributed by atoms with Crippen molar-refractivity contribution in [2.24, 2.45) is 7.05 Å². The number of rotatable bonds is 7. The van der Waals surface area contributed by atoms with Crippen molar-refractivity contribution in [2.75, 3.05) is 0 Å². The van der Waals surface area contributed by atoms with E-state index < -0.39 is 29.3 Å². The number of carbonyl (C=O) groups excluding carboxylic acids is 1. The van der Waals surface area contributed by atoms with Crippen LogP contribution < -0.4 is 21.3 Å². The standard InChI is InChI=1S/C24H20F3N5O4/c1-31-14-18(12-29-31)16-7-8-17(20(9-16)36-24(25,26)27)11-28-22(34)19-10-21(33)32(23(35)30-19)13-15-5-3-2-4-6-15/h2-10,12,14H,11,13H2,1H3,(H,28,34)(H,30,35). The van der Waals surface area contributed by atoms with Crippen LogP contribution in [0, 0.1) is 0 Å². The molecule has 2 heterocycles. The normalized spacial score (nSPS) is 11.3. The number of aromatic amines is 1. The summed E-state index contributed by atoms with van der Waals surface area (Å²) in [5.41, 5.74) is -0.0486. The number of aromatic nitrogens is 4. The van der Waals surface area contributed by atoms with Gasteiger partial charge in [-0.1, -0.05) is 42.5 Å². The summed E-state index contributed by atoms with van der Waals surface area (Å²) in [7, 11) is 1.67. The highest BCUT2D eigenvalue weighted by atomic mass is 19.4. The van der Waals surface area contributed by atoms with Crippen LogP contribution in [0.1, 0.15) is 21.6 Å². The number of H-pyrrole nitrogens is 1. The van der Waals surface area contributed by atoms with Crippen LogP contribution in [0.15, 0.2) is 76.6 Å². The van der Waals surface area contributed by atoms with Crippen LogP contribution in [-0.2, 0) is 20.1 Å². The number of halogens is 3. The zero-order chi connectivity index (χ0) is 25.9. The van der Waals surface area contributed by atoms with Crippen LogP contribution in [0.4, 0.5) is 13.2 Å². The third kappa shape index (κ3) is 5.90. The molecule has 4 rings (SSSR count). The van der Waals surface area contributed by atoms with Gasteiger partial charge in [0.15, 0.2) is 0 Å². The number of hydrogen-bond acceptors (Lipinski definition) is 5. The summed E-state index contributed by atoms with van der Waals surface area (Å²) in [6, 6.07) is 13.9. The molecule has 0 radical (unpaired) electrons. The molecular formula is C24H20F3N5O4. The fourth-order valence-corrected chi connectivity index (χ4v) is 3.50. The highest BCUT2D eigenvalue weighted by Gasteiger charge is 2.32. The molecule has 186 valence electrons. The molecule has 0 bridgehead atoms. The van der Waals surface area contributed by atoms with Gasteiger partial charge in [-0.25, -0.2) is 4.79 Å². The number of alkyl halides is 3. The Morgan fingerprint density at radius 3 is 2.47 bits per heavy atom. The smallest absolute Gasteiger partial charge is 0.405 e. The highest BCUT2D eigenvalue weighted by molar-refractivity contribution is 5.92. The summed E-state index contributed by atoms with van der Waals surface area (Å²) < 4.78 is 45.6. The summed E-state index contributed by atoms with van der Waals surface area (Å²) in [5.74, 6) is -1.35. The van der Waals surface area contributed by atoms with E-state index in [2.05, 4.69) is 20.1 Å². The first-order valence-electron chi connectivity index (χ1n) is 10.6. The number of ether oxygens (including phenoxy) is 1. The second kappa shape index (κ2) is 9.94. The fourth-order valence-electron chi connectivity index (χ4n) is 3.50. The van der Waals surface area contributed by atoms with Gasteiger partial charge in [-0.2, -0.15) is 5.10 Å². The molecule has 1 amide bonds. The minimum Gasteiger partial charge on any atom is -0.405 e. The quantitative estimate of drug-likeness (QED) is 0.406. The van der Waals surface area contributed by atoms with E-state index in [0.717, 1.165) is 10.6 Å². The van der Waals surface area contributed by atoms with E-state index in [9.17, 15) is 27.6 Å². The molecular weight excluding hydrogens is 479 g/mol. The van der Waals surface area contributed by atoms with Gasteiger partial charge < -0.3 is 15.0 Å². The molecule has 2 N–H and O–H groups in total. The zero-order valence-corrected chi connectivity index (χ0v) is 18.9. The van der Waals surface area contributed by atoms with Crippen molar-refractivity contribution in [1.29, 1.82) is 0 Å². The van der Waals surface area contributed by atoms with E-state index in [1.807, 2.05) is 0 Å². The Hall–Kier alpha value is -4.61. The van der Waals surface area contributed by atoms with Crippen molar-refractivity contribution in [2.45, 2.75) is 19.5 Å². The Morgan fingerprint density at radius 1 is 1.08 bits per heavy atom. The Balaban J connectivity index is 1.53. The number of hydrogen-bond donors (Lipinski definition) is 2. The predicted octanol–water partition coefficient (Wildman–Crippen LogP) is 2.81.